The molecule has 0 unspecified atom stereocenters. The predicted octanol–water partition coefficient (Wildman–Crippen LogP) is 2.46. The van der Waals surface area contributed by atoms with Crippen LogP contribution in [0.4, 0.5) is 10.7 Å². The van der Waals surface area contributed by atoms with E-state index in [2.05, 4.69) is 5.32 Å². The lowest BCUT2D eigenvalue weighted by atomic mass is 10.2. The van der Waals surface area contributed by atoms with Gasteiger partial charge in [-0.1, -0.05) is 0 Å². The van der Waals surface area contributed by atoms with Crippen LogP contribution in [0.25, 0.3) is 0 Å². The second-order valence-electron chi connectivity index (χ2n) is 5.98. The van der Waals surface area contributed by atoms with E-state index in [0.717, 1.165) is 4.90 Å². The maximum atomic E-state index is 12.2. The molecule has 2 heterocycles. The first-order valence-corrected chi connectivity index (χ1v) is 9.24. The molecule has 1 saturated heterocycles. The molecule has 1 aliphatic heterocycles. The SMILES string of the molecule is C[C@@H](OC(=O)c1ccc(N2C(=O)CCC2=O)cc1)C(=O)Nc1sccc1C#N. The third-order valence-electron chi connectivity index (χ3n) is 4.09. The lowest BCUT2D eigenvalue weighted by molar-refractivity contribution is -0.124. The Morgan fingerprint density at radius 3 is 2.43 bits per heavy atom. The minimum Gasteiger partial charge on any atom is -0.449 e. The highest BCUT2D eigenvalue weighted by Crippen LogP contribution is 2.24. The van der Waals surface area contributed by atoms with Crippen LogP contribution in [0.1, 0.15) is 35.7 Å². The fourth-order valence-corrected chi connectivity index (χ4v) is 3.34. The molecule has 28 heavy (non-hydrogen) atoms. The zero-order valence-electron chi connectivity index (χ0n) is 14.8. The van der Waals surface area contributed by atoms with Crippen LogP contribution in [0.3, 0.4) is 0 Å². The Balaban J connectivity index is 1.62. The summed E-state index contributed by atoms with van der Waals surface area (Å²) in [7, 11) is 0. The average molecular weight is 397 g/mol. The molecule has 0 bridgehead atoms. The van der Waals surface area contributed by atoms with Gasteiger partial charge in [-0.05, 0) is 42.6 Å². The molecule has 0 radical (unpaired) electrons. The number of ether oxygens (including phenoxy) is 1. The molecule has 0 aliphatic carbocycles. The van der Waals surface area contributed by atoms with E-state index >= 15 is 0 Å². The minimum absolute atomic E-state index is 0.174. The Hall–Kier alpha value is -3.51. The van der Waals surface area contributed by atoms with E-state index in [9.17, 15) is 19.2 Å². The Kier molecular flexibility index (Phi) is 5.52. The summed E-state index contributed by atoms with van der Waals surface area (Å²) in [6.45, 7) is 1.42. The first-order valence-electron chi connectivity index (χ1n) is 8.36. The molecular formula is C19H15N3O5S. The molecule has 0 spiro atoms. The summed E-state index contributed by atoms with van der Waals surface area (Å²) in [6.07, 6.45) is -0.734. The highest BCUT2D eigenvalue weighted by atomic mass is 32.1. The van der Waals surface area contributed by atoms with Crippen LogP contribution >= 0.6 is 11.3 Å². The number of esters is 1. The monoisotopic (exact) mass is 397 g/mol. The number of imide groups is 1. The van der Waals surface area contributed by atoms with Gasteiger partial charge in [0.25, 0.3) is 5.91 Å². The number of nitrogens with zero attached hydrogens (tertiary/aromatic N) is 2. The molecule has 1 atom stereocenters. The topological polar surface area (TPSA) is 117 Å². The molecule has 1 aromatic carbocycles. The lowest BCUT2D eigenvalue weighted by Crippen LogP contribution is -2.30. The largest absolute Gasteiger partial charge is 0.449 e. The fourth-order valence-electron chi connectivity index (χ4n) is 2.60. The van der Waals surface area contributed by atoms with E-state index in [1.165, 1.54) is 42.5 Å². The van der Waals surface area contributed by atoms with E-state index in [1.54, 1.807) is 11.4 Å². The van der Waals surface area contributed by atoms with Crippen molar-refractivity contribution in [2.45, 2.75) is 25.9 Å². The summed E-state index contributed by atoms with van der Waals surface area (Å²) in [5.74, 6) is -1.84. The van der Waals surface area contributed by atoms with Crippen molar-refractivity contribution >= 4 is 45.7 Å². The van der Waals surface area contributed by atoms with Gasteiger partial charge in [-0.25, -0.2) is 4.79 Å². The molecule has 142 valence electrons. The van der Waals surface area contributed by atoms with E-state index in [4.69, 9.17) is 10.00 Å². The summed E-state index contributed by atoms with van der Waals surface area (Å²) in [5.41, 5.74) is 0.895. The fraction of sp³-hybridized carbons (Fsp3) is 0.211. The summed E-state index contributed by atoms with van der Waals surface area (Å²) >= 11 is 1.19. The van der Waals surface area contributed by atoms with Crippen molar-refractivity contribution in [3.8, 4) is 6.07 Å². The van der Waals surface area contributed by atoms with Crippen molar-refractivity contribution in [1.82, 2.24) is 0 Å². The van der Waals surface area contributed by atoms with Gasteiger partial charge in [0.2, 0.25) is 11.8 Å². The minimum atomic E-state index is -1.08. The van der Waals surface area contributed by atoms with E-state index in [1.807, 2.05) is 6.07 Å². The molecule has 1 aromatic heterocycles. The highest BCUT2D eigenvalue weighted by molar-refractivity contribution is 7.14. The number of thiophene rings is 1. The molecule has 2 aromatic rings. The van der Waals surface area contributed by atoms with Crippen molar-refractivity contribution in [2.75, 3.05) is 10.2 Å². The Labute approximate surface area is 164 Å². The smallest absolute Gasteiger partial charge is 0.338 e. The number of carbonyl (C=O) groups excluding carboxylic acids is 4. The first-order chi connectivity index (χ1) is 13.4. The second-order valence-corrected chi connectivity index (χ2v) is 6.90. The van der Waals surface area contributed by atoms with Crippen LogP contribution in [0.15, 0.2) is 35.7 Å². The molecule has 1 aliphatic rings. The third kappa shape index (κ3) is 3.92. The molecule has 9 heteroatoms. The molecule has 0 saturated carbocycles. The summed E-state index contributed by atoms with van der Waals surface area (Å²) in [4.78, 5) is 49.0. The van der Waals surface area contributed by atoms with E-state index in [-0.39, 0.29) is 30.2 Å². The maximum Gasteiger partial charge on any atom is 0.338 e. The van der Waals surface area contributed by atoms with Gasteiger partial charge in [0.05, 0.1) is 16.8 Å². The number of rotatable bonds is 5. The van der Waals surface area contributed by atoms with Crippen LogP contribution in [0.2, 0.25) is 0 Å². The van der Waals surface area contributed by atoms with Gasteiger partial charge >= 0.3 is 5.97 Å². The van der Waals surface area contributed by atoms with Gasteiger partial charge < -0.3 is 10.1 Å². The van der Waals surface area contributed by atoms with E-state index in [0.29, 0.717) is 16.3 Å². The maximum absolute atomic E-state index is 12.2. The molecule has 3 rings (SSSR count). The number of anilines is 2. The van der Waals surface area contributed by atoms with Crippen molar-refractivity contribution in [2.24, 2.45) is 0 Å². The van der Waals surface area contributed by atoms with Gasteiger partial charge in [-0.15, -0.1) is 11.3 Å². The molecule has 1 fully saturated rings. The molecular weight excluding hydrogens is 382 g/mol. The molecule has 8 nitrogen and oxygen atoms in total. The van der Waals surface area contributed by atoms with Gasteiger partial charge in [-0.2, -0.15) is 5.26 Å². The van der Waals surface area contributed by atoms with Crippen LogP contribution in [0.5, 0.6) is 0 Å². The number of carbonyl (C=O) groups is 4. The summed E-state index contributed by atoms with van der Waals surface area (Å²) < 4.78 is 5.15. The van der Waals surface area contributed by atoms with Crippen LogP contribution in [0, 0.1) is 11.3 Å². The zero-order chi connectivity index (χ0) is 20.3. The van der Waals surface area contributed by atoms with Crippen molar-refractivity contribution in [1.29, 1.82) is 5.26 Å². The Morgan fingerprint density at radius 2 is 1.82 bits per heavy atom. The predicted molar refractivity (Wildman–Crippen MR) is 101 cm³/mol. The number of hydrogen-bond acceptors (Lipinski definition) is 7. The number of amides is 3. The number of nitriles is 1. The van der Waals surface area contributed by atoms with Gasteiger partial charge in [-0.3, -0.25) is 19.3 Å². The normalized spacial score (nSPS) is 14.5. The van der Waals surface area contributed by atoms with Crippen LogP contribution in [-0.2, 0) is 19.1 Å². The highest BCUT2D eigenvalue weighted by Gasteiger charge is 2.30. The number of benzene rings is 1. The van der Waals surface area contributed by atoms with E-state index < -0.39 is 18.0 Å². The van der Waals surface area contributed by atoms with Crippen molar-refractivity contribution in [3.05, 3.63) is 46.8 Å². The van der Waals surface area contributed by atoms with Crippen molar-refractivity contribution in [3.63, 3.8) is 0 Å². The summed E-state index contributed by atoms with van der Waals surface area (Å²) in [5, 5.41) is 13.6. The third-order valence-corrected chi connectivity index (χ3v) is 4.92. The quantitative estimate of drug-likeness (QED) is 0.612. The molecule has 1 N–H and O–H groups in total. The zero-order valence-corrected chi connectivity index (χ0v) is 15.6. The van der Waals surface area contributed by atoms with Gasteiger partial charge in [0.15, 0.2) is 6.10 Å². The van der Waals surface area contributed by atoms with Crippen LogP contribution in [-0.4, -0.2) is 29.8 Å². The number of nitrogens with one attached hydrogen (secondary N) is 1. The van der Waals surface area contributed by atoms with Gasteiger partial charge in [0, 0.05) is 12.8 Å². The number of hydrogen-bond donors (Lipinski definition) is 1. The van der Waals surface area contributed by atoms with Gasteiger partial charge in [0.1, 0.15) is 11.1 Å². The second kappa shape index (κ2) is 8.02. The summed E-state index contributed by atoms with van der Waals surface area (Å²) in [6, 6.07) is 9.34. The average Bonchev–Trinajstić information content (AvgIpc) is 3.27. The van der Waals surface area contributed by atoms with Crippen LogP contribution < -0.4 is 10.2 Å². The first kappa shape index (κ1) is 19.3. The Bertz CT molecular complexity index is 974. The lowest BCUT2D eigenvalue weighted by Gasteiger charge is -2.15. The van der Waals surface area contributed by atoms with Crippen molar-refractivity contribution < 1.29 is 23.9 Å². The standard InChI is InChI=1S/C19H15N3O5S/c1-11(17(25)21-18-13(10-20)8-9-28-18)27-19(26)12-2-4-14(5-3-12)22-15(23)6-7-16(22)24/h2-5,8-9,11H,6-7H2,1H3,(H,21,25)/t11-/m1/s1. The Morgan fingerprint density at radius 1 is 1.18 bits per heavy atom. The molecule has 3 amide bonds.